The van der Waals surface area contributed by atoms with Crippen LogP contribution >= 0.6 is 11.6 Å². The lowest BCUT2D eigenvalue weighted by Crippen LogP contribution is -2.09. The van der Waals surface area contributed by atoms with Crippen molar-refractivity contribution in [2.45, 2.75) is 0 Å². The average molecular weight is 245 g/mol. The van der Waals surface area contributed by atoms with Crippen LogP contribution in [0.15, 0.2) is 12.1 Å². The van der Waals surface area contributed by atoms with E-state index < -0.39 is 0 Å². The summed E-state index contributed by atoms with van der Waals surface area (Å²) in [6, 6.07) is 3.09. The summed E-state index contributed by atoms with van der Waals surface area (Å²) in [7, 11) is 4.43. The minimum absolute atomic E-state index is 0.0149. The molecule has 0 N–H and O–H groups in total. The lowest BCUT2D eigenvalue weighted by Gasteiger charge is -2.10. The van der Waals surface area contributed by atoms with Crippen molar-refractivity contribution in [3.63, 3.8) is 0 Å². The largest absolute Gasteiger partial charge is 0.496 e. The highest BCUT2D eigenvalue weighted by atomic mass is 35.5. The average Bonchev–Trinajstić information content (AvgIpc) is 2.29. The van der Waals surface area contributed by atoms with E-state index in [0.29, 0.717) is 22.1 Å². The number of methoxy groups -OCH3 is 3. The number of carbonyl (C=O) groups is 1. The first-order valence-electron chi connectivity index (χ1n) is 4.57. The predicted octanol–water partition coefficient (Wildman–Crippen LogP) is 2.19. The van der Waals surface area contributed by atoms with E-state index in [2.05, 4.69) is 0 Å². The van der Waals surface area contributed by atoms with Crippen molar-refractivity contribution in [2.24, 2.45) is 0 Å². The van der Waals surface area contributed by atoms with Crippen molar-refractivity contribution < 1.29 is 19.0 Å². The zero-order chi connectivity index (χ0) is 12.1. The minimum Gasteiger partial charge on any atom is -0.496 e. The molecule has 88 valence electrons. The summed E-state index contributed by atoms with van der Waals surface area (Å²) >= 11 is 5.93. The lowest BCUT2D eigenvalue weighted by atomic mass is 10.1. The van der Waals surface area contributed by atoms with Gasteiger partial charge in [-0.05, 0) is 6.07 Å². The van der Waals surface area contributed by atoms with Gasteiger partial charge in [0.15, 0.2) is 5.78 Å². The number of halogens is 1. The Bertz CT molecular complexity index is 390. The summed E-state index contributed by atoms with van der Waals surface area (Å²) in [4.78, 5) is 11.7. The minimum atomic E-state index is -0.191. The molecule has 0 aliphatic rings. The lowest BCUT2D eigenvalue weighted by molar-refractivity contribution is 0.0845. The Morgan fingerprint density at radius 3 is 2.31 bits per heavy atom. The number of rotatable bonds is 5. The number of hydrogen-bond donors (Lipinski definition) is 0. The maximum Gasteiger partial charge on any atom is 0.192 e. The van der Waals surface area contributed by atoms with Crippen LogP contribution in [0.2, 0.25) is 5.02 Å². The molecule has 0 radical (unpaired) electrons. The van der Waals surface area contributed by atoms with E-state index in [1.54, 1.807) is 6.07 Å². The third-order valence-corrected chi connectivity index (χ3v) is 2.35. The molecular weight excluding hydrogens is 232 g/mol. The third kappa shape index (κ3) is 2.65. The molecule has 1 aromatic carbocycles. The molecule has 0 saturated carbocycles. The van der Waals surface area contributed by atoms with E-state index in [1.165, 1.54) is 27.4 Å². The monoisotopic (exact) mass is 244 g/mol. The molecule has 0 heterocycles. The van der Waals surface area contributed by atoms with Crippen molar-refractivity contribution in [3.8, 4) is 11.5 Å². The van der Waals surface area contributed by atoms with Gasteiger partial charge in [0.2, 0.25) is 0 Å². The molecule has 0 aliphatic carbocycles. The van der Waals surface area contributed by atoms with Crippen LogP contribution < -0.4 is 9.47 Å². The Hall–Kier alpha value is -1.26. The highest BCUT2D eigenvalue weighted by molar-refractivity contribution is 6.32. The van der Waals surface area contributed by atoms with Crippen LogP contribution in [-0.4, -0.2) is 33.7 Å². The molecule has 1 aromatic rings. The first kappa shape index (κ1) is 12.8. The number of Topliss-reactive ketones (excluding diaryl/α,β-unsaturated/α-hetero) is 1. The fraction of sp³-hybridized carbons (Fsp3) is 0.364. The van der Waals surface area contributed by atoms with Gasteiger partial charge in [-0.25, -0.2) is 0 Å². The van der Waals surface area contributed by atoms with Gasteiger partial charge in [0, 0.05) is 13.2 Å². The molecule has 0 atom stereocenters. The summed E-state index contributed by atoms with van der Waals surface area (Å²) in [6.45, 7) is -0.0149. The molecule has 0 amide bonds. The van der Waals surface area contributed by atoms with Crippen LogP contribution in [0, 0.1) is 0 Å². The van der Waals surface area contributed by atoms with E-state index >= 15 is 0 Å². The molecule has 5 heteroatoms. The fourth-order valence-corrected chi connectivity index (χ4v) is 1.53. The van der Waals surface area contributed by atoms with Crippen LogP contribution in [0.4, 0.5) is 0 Å². The van der Waals surface area contributed by atoms with Crippen molar-refractivity contribution in [1.82, 2.24) is 0 Å². The van der Waals surface area contributed by atoms with Gasteiger partial charge >= 0.3 is 0 Å². The molecule has 0 saturated heterocycles. The van der Waals surface area contributed by atoms with E-state index in [-0.39, 0.29) is 12.4 Å². The Morgan fingerprint density at radius 2 is 1.81 bits per heavy atom. The van der Waals surface area contributed by atoms with Crippen LogP contribution in [0.25, 0.3) is 0 Å². The third-order valence-electron chi connectivity index (χ3n) is 2.05. The Labute approximate surface area is 99.1 Å². The van der Waals surface area contributed by atoms with E-state index in [4.69, 9.17) is 25.8 Å². The zero-order valence-corrected chi connectivity index (χ0v) is 10.1. The molecule has 0 fully saturated rings. The van der Waals surface area contributed by atoms with Crippen LogP contribution in [0.1, 0.15) is 10.4 Å². The van der Waals surface area contributed by atoms with Gasteiger partial charge in [0.05, 0.1) is 24.8 Å². The van der Waals surface area contributed by atoms with Crippen molar-refractivity contribution in [3.05, 3.63) is 22.7 Å². The summed E-state index contributed by atoms with van der Waals surface area (Å²) in [5, 5.41) is 0.364. The fourth-order valence-electron chi connectivity index (χ4n) is 1.29. The van der Waals surface area contributed by atoms with Gasteiger partial charge in [-0.1, -0.05) is 11.6 Å². The Morgan fingerprint density at radius 1 is 1.19 bits per heavy atom. The molecule has 1 rings (SSSR count). The second-order valence-electron chi connectivity index (χ2n) is 3.04. The molecular formula is C11H13ClO4. The quantitative estimate of drug-likeness (QED) is 0.745. The Balaban J connectivity index is 3.17. The summed E-state index contributed by atoms with van der Waals surface area (Å²) in [5.41, 5.74) is 0.384. The first-order valence-corrected chi connectivity index (χ1v) is 4.95. The first-order chi connectivity index (χ1) is 7.63. The van der Waals surface area contributed by atoms with E-state index in [0.717, 1.165) is 0 Å². The molecule has 0 spiro atoms. The SMILES string of the molecule is COCC(=O)c1cc(Cl)c(OC)cc1OC. The number of hydrogen-bond acceptors (Lipinski definition) is 4. The summed E-state index contributed by atoms with van der Waals surface area (Å²) in [6.07, 6.45) is 0. The topological polar surface area (TPSA) is 44.8 Å². The van der Waals surface area contributed by atoms with Gasteiger partial charge in [-0.2, -0.15) is 0 Å². The van der Waals surface area contributed by atoms with Gasteiger partial charge < -0.3 is 14.2 Å². The summed E-state index contributed by atoms with van der Waals surface area (Å²) < 4.78 is 14.9. The van der Waals surface area contributed by atoms with Gasteiger partial charge in [-0.15, -0.1) is 0 Å². The van der Waals surface area contributed by atoms with E-state index in [1.807, 2.05) is 0 Å². The van der Waals surface area contributed by atoms with Gasteiger partial charge in [0.1, 0.15) is 18.1 Å². The van der Waals surface area contributed by atoms with Crippen LogP contribution in [0.3, 0.4) is 0 Å². The Kier molecular flexibility index (Phi) is 4.58. The zero-order valence-electron chi connectivity index (χ0n) is 9.37. The second kappa shape index (κ2) is 5.72. The van der Waals surface area contributed by atoms with Crippen molar-refractivity contribution >= 4 is 17.4 Å². The maximum absolute atomic E-state index is 11.7. The second-order valence-corrected chi connectivity index (χ2v) is 3.45. The number of carbonyl (C=O) groups excluding carboxylic acids is 1. The molecule has 0 bridgehead atoms. The van der Waals surface area contributed by atoms with Crippen LogP contribution in [-0.2, 0) is 4.74 Å². The highest BCUT2D eigenvalue weighted by Crippen LogP contribution is 2.32. The standard InChI is InChI=1S/C11H13ClO4/c1-14-6-9(13)7-4-8(12)11(16-3)5-10(7)15-2/h4-5H,6H2,1-3H3. The number of ether oxygens (including phenoxy) is 3. The number of ketones is 1. The number of benzene rings is 1. The van der Waals surface area contributed by atoms with Crippen molar-refractivity contribution in [1.29, 1.82) is 0 Å². The van der Waals surface area contributed by atoms with Crippen molar-refractivity contribution in [2.75, 3.05) is 27.9 Å². The molecule has 0 aliphatic heterocycles. The highest BCUT2D eigenvalue weighted by Gasteiger charge is 2.15. The molecule has 4 nitrogen and oxygen atoms in total. The normalized spacial score (nSPS) is 10.0. The van der Waals surface area contributed by atoms with Crippen LogP contribution in [0.5, 0.6) is 11.5 Å². The molecule has 0 aromatic heterocycles. The van der Waals surface area contributed by atoms with E-state index in [9.17, 15) is 4.79 Å². The van der Waals surface area contributed by atoms with Gasteiger partial charge in [0.25, 0.3) is 0 Å². The molecule has 0 unspecified atom stereocenters. The van der Waals surface area contributed by atoms with Gasteiger partial charge in [-0.3, -0.25) is 4.79 Å². The predicted molar refractivity (Wildman–Crippen MR) is 60.8 cm³/mol. The molecule has 16 heavy (non-hydrogen) atoms. The maximum atomic E-state index is 11.7. The summed E-state index contributed by atoms with van der Waals surface area (Å²) in [5.74, 6) is 0.694. The smallest absolute Gasteiger partial charge is 0.192 e.